The van der Waals surface area contributed by atoms with Gasteiger partial charge >= 0.3 is 6.18 Å². The second kappa shape index (κ2) is 7.28. The predicted octanol–water partition coefficient (Wildman–Crippen LogP) is 2.10. The van der Waals surface area contributed by atoms with Gasteiger partial charge in [-0.05, 0) is 18.6 Å². The fourth-order valence-corrected chi connectivity index (χ4v) is 1.88. The molecule has 0 saturated carbocycles. The van der Waals surface area contributed by atoms with E-state index in [1.807, 2.05) is 5.43 Å². The van der Waals surface area contributed by atoms with Gasteiger partial charge in [0.25, 0.3) is 5.91 Å². The molecule has 0 heterocycles. The lowest BCUT2D eigenvalue weighted by molar-refractivity contribution is -0.137. The molecule has 0 aliphatic carbocycles. The zero-order chi connectivity index (χ0) is 16.0. The summed E-state index contributed by atoms with van der Waals surface area (Å²) in [4.78, 5) is 13.5. The number of methoxy groups -OCH3 is 1. The minimum Gasteiger partial charge on any atom is -0.385 e. The number of nitrogens with two attached hydrogens (primary N) is 1. The molecule has 1 aromatic carbocycles. The van der Waals surface area contributed by atoms with Crippen LogP contribution in [-0.2, 0) is 10.9 Å². The number of hydrogen-bond acceptors (Lipinski definition) is 4. The van der Waals surface area contributed by atoms with Gasteiger partial charge in [-0.25, -0.2) is 0 Å². The number of halogens is 3. The van der Waals surface area contributed by atoms with Gasteiger partial charge in [0.2, 0.25) is 0 Å². The molecule has 1 aromatic rings. The number of amides is 1. The predicted molar refractivity (Wildman–Crippen MR) is 72.7 cm³/mol. The van der Waals surface area contributed by atoms with Crippen LogP contribution in [0.3, 0.4) is 0 Å². The van der Waals surface area contributed by atoms with Crippen molar-refractivity contribution in [2.45, 2.75) is 12.6 Å². The number of carbonyl (C=O) groups excluding carboxylic acids is 1. The van der Waals surface area contributed by atoms with Crippen molar-refractivity contribution >= 4 is 11.6 Å². The van der Waals surface area contributed by atoms with Crippen LogP contribution in [0, 0.1) is 0 Å². The van der Waals surface area contributed by atoms with Crippen LogP contribution in [0.5, 0.6) is 0 Å². The van der Waals surface area contributed by atoms with Crippen LogP contribution in [0.4, 0.5) is 18.9 Å². The van der Waals surface area contributed by atoms with E-state index in [4.69, 9.17) is 10.6 Å². The van der Waals surface area contributed by atoms with Crippen molar-refractivity contribution in [2.75, 3.05) is 32.7 Å². The summed E-state index contributed by atoms with van der Waals surface area (Å²) in [5.41, 5.74) is 0.470. The van der Waals surface area contributed by atoms with Gasteiger partial charge in [0.15, 0.2) is 0 Å². The highest BCUT2D eigenvalue weighted by molar-refractivity contribution is 6.00. The number of para-hydroxylation sites is 1. The van der Waals surface area contributed by atoms with Crippen molar-refractivity contribution in [1.29, 1.82) is 0 Å². The van der Waals surface area contributed by atoms with E-state index in [2.05, 4.69) is 0 Å². The zero-order valence-corrected chi connectivity index (χ0v) is 11.8. The molecule has 1 amide bonds. The minimum atomic E-state index is -4.59. The fraction of sp³-hybridized carbons (Fsp3) is 0.462. The Morgan fingerprint density at radius 1 is 1.43 bits per heavy atom. The summed E-state index contributed by atoms with van der Waals surface area (Å²) in [5.74, 6) is 4.63. The zero-order valence-electron chi connectivity index (χ0n) is 11.8. The van der Waals surface area contributed by atoms with Crippen molar-refractivity contribution in [3.05, 3.63) is 29.3 Å². The lowest BCUT2D eigenvalue weighted by atomic mass is 10.1. The molecule has 0 fully saturated rings. The van der Waals surface area contributed by atoms with Crippen LogP contribution in [0.15, 0.2) is 18.2 Å². The van der Waals surface area contributed by atoms with Gasteiger partial charge in [0.1, 0.15) is 0 Å². The summed E-state index contributed by atoms with van der Waals surface area (Å²) < 4.78 is 43.5. The normalized spacial score (nSPS) is 11.3. The highest BCUT2D eigenvalue weighted by Gasteiger charge is 2.35. The van der Waals surface area contributed by atoms with Gasteiger partial charge in [-0.15, -0.1) is 0 Å². The average Bonchev–Trinajstić information content (AvgIpc) is 2.44. The summed E-state index contributed by atoms with van der Waals surface area (Å²) in [5, 5.41) is 0. The maximum atomic E-state index is 12.9. The molecule has 0 spiro atoms. The number of benzene rings is 1. The second-order valence-electron chi connectivity index (χ2n) is 4.44. The van der Waals surface area contributed by atoms with Crippen molar-refractivity contribution in [3.8, 4) is 0 Å². The topological polar surface area (TPSA) is 67.6 Å². The van der Waals surface area contributed by atoms with E-state index < -0.39 is 23.3 Å². The second-order valence-corrected chi connectivity index (χ2v) is 4.44. The molecule has 0 aliphatic heterocycles. The number of nitrogens with zero attached hydrogens (tertiary/aromatic N) is 1. The Bertz CT molecular complexity index is 492. The third kappa shape index (κ3) is 4.33. The molecule has 0 saturated heterocycles. The number of ether oxygens (including phenoxy) is 1. The molecule has 8 heteroatoms. The minimum absolute atomic E-state index is 0.118. The van der Waals surface area contributed by atoms with E-state index in [9.17, 15) is 18.0 Å². The number of alkyl halides is 3. The van der Waals surface area contributed by atoms with Crippen LogP contribution in [0.1, 0.15) is 22.3 Å². The summed E-state index contributed by atoms with van der Waals surface area (Å²) in [7, 11) is 3.05. The summed E-state index contributed by atoms with van der Waals surface area (Å²) in [6, 6.07) is 3.36. The van der Waals surface area contributed by atoms with E-state index in [0.29, 0.717) is 19.6 Å². The Morgan fingerprint density at radius 2 is 2.10 bits per heavy atom. The number of carbonyl (C=O) groups is 1. The standard InChI is InChI=1S/C13H18F3N3O2/c1-19(7-4-8-21-2)12(20)9-5-3-6-10(11(9)18-17)13(14,15)16/h3,5-6,18H,4,7-8,17H2,1-2H3. The highest BCUT2D eigenvalue weighted by Crippen LogP contribution is 2.36. The van der Waals surface area contributed by atoms with Crippen LogP contribution >= 0.6 is 0 Å². The maximum Gasteiger partial charge on any atom is 0.418 e. The van der Waals surface area contributed by atoms with Crippen molar-refractivity contribution in [2.24, 2.45) is 5.84 Å². The first-order valence-corrected chi connectivity index (χ1v) is 6.24. The quantitative estimate of drug-likeness (QED) is 0.480. The number of rotatable bonds is 6. The summed E-state index contributed by atoms with van der Waals surface area (Å²) in [6.07, 6.45) is -4.00. The fourth-order valence-electron chi connectivity index (χ4n) is 1.88. The molecule has 0 radical (unpaired) electrons. The molecule has 0 aromatic heterocycles. The van der Waals surface area contributed by atoms with Gasteiger partial charge in [0.05, 0.1) is 16.8 Å². The first-order chi connectivity index (χ1) is 9.82. The summed E-state index contributed by atoms with van der Waals surface area (Å²) >= 11 is 0. The number of nitrogen functional groups attached to an aromatic ring is 1. The number of nitrogens with one attached hydrogen (secondary N) is 1. The third-order valence-electron chi connectivity index (χ3n) is 2.93. The summed E-state index contributed by atoms with van der Waals surface area (Å²) in [6.45, 7) is 0.829. The molecule has 3 N–H and O–H groups in total. The van der Waals surface area contributed by atoms with Gasteiger partial charge < -0.3 is 15.1 Å². The third-order valence-corrected chi connectivity index (χ3v) is 2.93. The first-order valence-electron chi connectivity index (χ1n) is 6.24. The van der Waals surface area contributed by atoms with Crippen LogP contribution in [0.2, 0.25) is 0 Å². The molecule has 21 heavy (non-hydrogen) atoms. The van der Waals surface area contributed by atoms with Gasteiger partial charge in [-0.2, -0.15) is 13.2 Å². The van der Waals surface area contributed by atoms with Gasteiger partial charge in [-0.3, -0.25) is 10.6 Å². The Balaban J connectivity index is 3.04. The van der Waals surface area contributed by atoms with Crippen molar-refractivity contribution < 1.29 is 22.7 Å². The molecule has 0 aliphatic rings. The van der Waals surface area contributed by atoms with E-state index in [-0.39, 0.29) is 5.56 Å². The molecule has 0 unspecified atom stereocenters. The highest BCUT2D eigenvalue weighted by atomic mass is 19.4. The molecular weight excluding hydrogens is 287 g/mol. The SMILES string of the molecule is COCCCN(C)C(=O)c1cccc(C(F)(F)F)c1NN. The molecule has 118 valence electrons. The van der Waals surface area contributed by atoms with Crippen molar-refractivity contribution in [3.63, 3.8) is 0 Å². The van der Waals surface area contributed by atoms with E-state index in [1.165, 1.54) is 31.2 Å². The first kappa shape index (κ1) is 17.3. The monoisotopic (exact) mass is 305 g/mol. The van der Waals surface area contributed by atoms with Gasteiger partial charge in [-0.1, -0.05) is 6.07 Å². The molecular formula is C13H18F3N3O2. The molecule has 1 rings (SSSR count). The van der Waals surface area contributed by atoms with Crippen LogP contribution < -0.4 is 11.3 Å². The average molecular weight is 305 g/mol. The van der Waals surface area contributed by atoms with Gasteiger partial charge in [0, 0.05) is 27.3 Å². The molecule has 0 atom stereocenters. The smallest absolute Gasteiger partial charge is 0.385 e. The Kier molecular flexibility index (Phi) is 5.98. The largest absolute Gasteiger partial charge is 0.418 e. The lowest BCUT2D eigenvalue weighted by Gasteiger charge is -2.21. The van der Waals surface area contributed by atoms with Crippen LogP contribution in [0.25, 0.3) is 0 Å². The maximum absolute atomic E-state index is 12.9. The van der Waals surface area contributed by atoms with E-state index in [1.54, 1.807) is 0 Å². The lowest BCUT2D eigenvalue weighted by Crippen LogP contribution is -2.30. The number of anilines is 1. The Hall–Kier alpha value is -1.80. The van der Waals surface area contributed by atoms with E-state index >= 15 is 0 Å². The Labute approximate surface area is 120 Å². The number of hydrazine groups is 1. The van der Waals surface area contributed by atoms with Crippen LogP contribution in [-0.4, -0.2) is 38.1 Å². The van der Waals surface area contributed by atoms with E-state index in [0.717, 1.165) is 6.07 Å². The Morgan fingerprint density at radius 3 is 2.62 bits per heavy atom. The molecule has 5 nitrogen and oxygen atoms in total. The number of hydrogen-bond donors (Lipinski definition) is 2. The van der Waals surface area contributed by atoms with Crippen molar-refractivity contribution in [1.82, 2.24) is 4.90 Å². The molecule has 0 bridgehead atoms.